The van der Waals surface area contributed by atoms with Gasteiger partial charge < -0.3 is 9.80 Å². The van der Waals surface area contributed by atoms with Crippen LogP contribution < -0.4 is 4.90 Å². The van der Waals surface area contributed by atoms with Gasteiger partial charge in [0.25, 0.3) is 0 Å². The summed E-state index contributed by atoms with van der Waals surface area (Å²) in [6.45, 7) is 2.63. The lowest BCUT2D eigenvalue weighted by Crippen LogP contribution is -2.49. The van der Waals surface area contributed by atoms with Gasteiger partial charge in [-0.2, -0.15) is 0 Å². The highest BCUT2D eigenvalue weighted by molar-refractivity contribution is 7.09. The molecule has 116 valence electrons. The van der Waals surface area contributed by atoms with Crippen LogP contribution in [0.1, 0.15) is 11.4 Å². The molecular weight excluding hydrogens is 301 g/mol. The van der Waals surface area contributed by atoms with Crippen molar-refractivity contribution in [2.75, 3.05) is 31.1 Å². The molecule has 1 fully saturated rings. The molecule has 0 atom stereocenters. The Bertz CT molecular complexity index is 624. The van der Waals surface area contributed by atoms with Crippen molar-refractivity contribution in [3.63, 3.8) is 0 Å². The summed E-state index contributed by atoms with van der Waals surface area (Å²) in [4.78, 5) is 20.3. The summed E-state index contributed by atoms with van der Waals surface area (Å²) in [6, 6.07) is 6.79. The van der Waals surface area contributed by atoms with Crippen LogP contribution in [0.5, 0.6) is 0 Å². The zero-order valence-electron chi connectivity index (χ0n) is 12.2. The summed E-state index contributed by atoms with van der Waals surface area (Å²) in [6.07, 6.45) is 2.95. The monoisotopic (exact) mass is 319 g/mol. The molecule has 1 saturated heterocycles. The quantitative estimate of drug-likeness (QED) is 0.869. The molecule has 6 heteroatoms. The minimum Gasteiger partial charge on any atom is -0.366 e. The van der Waals surface area contributed by atoms with E-state index >= 15 is 0 Å². The Morgan fingerprint density at radius 1 is 1.23 bits per heavy atom. The van der Waals surface area contributed by atoms with Gasteiger partial charge in [-0.3, -0.25) is 4.79 Å². The Morgan fingerprint density at radius 3 is 2.68 bits per heavy atom. The van der Waals surface area contributed by atoms with E-state index in [1.54, 1.807) is 29.7 Å². The number of aryl methyl sites for hydroxylation is 1. The van der Waals surface area contributed by atoms with E-state index in [4.69, 9.17) is 0 Å². The SMILES string of the molecule is O=C(CCc1nccs1)N1CCN(c2ccccc2F)CC1. The summed E-state index contributed by atoms with van der Waals surface area (Å²) < 4.78 is 13.8. The van der Waals surface area contributed by atoms with Crippen molar-refractivity contribution >= 4 is 22.9 Å². The number of aromatic nitrogens is 1. The van der Waals surface area contributed by atoms with Crippen LogP contribution in [-0.2, 0) is 11.2 Å². The molecule has 0 N–H and O–H groups in total. The summed E-state index contributed by atoms with van der Waals surface area (Å²) >= 11 is 1.58. The van der Waals surface area contributed by atoms with Crippen LogP contribution in [0.4, 0.5) is 10.1 Å². The number of hydrogen-bond acceptors (Lipinski definition) is 4. The van der Waals surface area contributed by atoms with Gasteiger partial charge in [-0.25, -0.2) is 9.37 Å². The van der Waals surface area contributed by atoms with E-state index in [0.29, 0.717) is 44.7 Å². The number of piperazine rings is 1. The number of carbonyl (C=O) groups excluding carboxylic acids is 1. The largest absolute Gasteiger partial charge is 0.366 e. The Kier molecular flexibility index (Phi) is 4.68. The van der Waals surface area contributed by atoms with Crippen molar-refractivity contribution in [1.82, 2.24) is 9.88 Å². The average molecular weight is 319 g/mol. The summed E-state index contributed by atoms with van der Waals surface area (Å²) in [5.74, 6) is -0.0468. The first-order chi connectivity index (χ1) is 10.7. The molecule has 1 aliphatic heterocycles. The van der Waals surface area contributed by atoms with E-state index in [0.717, 1.165) is 5.01 Å². The molecule has 0 radical (unpaired) electrons. The van der Waals surface area contributed by atoms with Crippen LogP contribution >= 0.6 is 11.3 Å². The van der Waals surface area contributed by atoms with Crippen molar-refractivity contribution in [2.45, 2.75) is 12.8 Å². The molecule has 2 heterocycles. The van der Waals surface area contributed by atoms with E-state index in [9.17, 15) is 9.18 Å². The van der Waals surface area contributed by atoms with Crippen molar-refractivity contribution < 1.29 is 9.18 Å². The second-order valence-electron chi connectivity index (χ2n) is 5.25. The summed E-state index contributed by atoms with van der Waals surface area (Å²) in [5, 5.41) is 2.92. The maximum atomic E-state index is 13.8. The van der Waals surface area contributed by atoms with Crippen LogP contribution in [-0.4, -0.2) is 42.0 Å². The predicted octanol–water partition coefficient (Wildman–Crippen LogP) is 2.56. The zero-order valence-corrected chi connectivity index (χ0v) is 13.1. The standard InChI is InChI=1S/C16H18FN3OS/c17-13-3-1-2-4-14(13)19-8-10-20(11-9-19)16(21)6-5-15-18-7-12-22-15/h1-4,7,12H,5-6,8-11H2. The number of carbonyl (C=O) groups is 1. The number of nitrogens with zero attached hydrogens (tertiary/aromatic N) is 3. The molecule has 0 saturated carbocycles. The molecule has 1 aliphatic rings. The first-order valence-corrected chi connectivity index (χ1v) is 8.27. The molecule has 0 spiro atoms. The van der Waals surface area contributed by atoms with Gasteiger partial charge in [-0.05, 0) is 12.1 Å². The van der Waals surface area contributed by atoms with E-state index < -0.39 is 0 Å². The van der Waals surface area contributed by atoms with Gasteiger partial charge in [0.05, 0.1) is 10.7 Å². The van der Waals surface area contributed by atoms with Crippen molar-refractivity contribution in [3.8, 4) is 0 Å². The first kappa shape index (κ1) is 15.0. The summed E-state index contributed by atoms with van der Waals surface area (Å²) in [7, 11) is 0. The second kappa shape index (κ2) is 6.87. The zero-order chi connectivity index (χ0) is 15.4. The fraction of sp³-hybridized carbons (Fsp3) is 0.375. The number of amides is 1. The molecule has 1 aromatic carbocycles. The molecule has 22 heavy (non-hydrogen) atoms. The highest BCUT2D eigenvalue weighted by Crippen LogP contribution is 2.20. The fourth-order valence-electron chi connectivity index (χ4n) is 2.65. The average Bonchev–Trinajstić information content (AvgIpc) is 3.07. The molecular formula is C16H18FN3OS. The van der Waals surface area contributed by atoms with Crippen LogP contribution in [0.2, 0.25) is 0 Å². The van der Waals surface area contributed by atoms with Gasteiger partial charge in [0.2, 0.25) is 5.91 Å². The van der Waals surface area contributed by atoms with Crippen LogP contribution in [0.3, 0.4) is 0 Å². The Morgan fingerprint density at radius 2 is 2.00 bits per heavy atom. The minimum absolute atomic E-state index is 0.156. The Labute approximate surface area is 133 Å². The number of para-hydroxylation sites is 1. The molecule has 3 rings (SSSR count). The predicted molar refractivity (Wildman–Crippen MR) is 85.6 cm³/mol. The molecule has 0 aliphatic carbocycles. The fourth-order valence-corrected chi connectivity index (χ4v) is 3.27. The summed E-state index contributed by atoms with van der Waals surface area (Å²) in [5.41, 5.74) is 0.623. The number of anilines is 1. The molecule has 4 nitrogen and oxygen atoms in total. The van der Waals surface area contributed by atoms with E-state index in [1.807, 2.05) is 21.2 Å². The Balaban J connectivity index is 1.51. The molecule has 0 bridgehead atoms. The third kappa shape index (κ3) is 3.44. The lowest BCUT2D eigenvalue weighted by atomic mass is 10.2. The highest BCUT2D eigenvalue weighted by Gasteiger charge is 2.22. The van der Waals surface area contributed by atoms with Crippen molar-refractivity contribution in [3.05, 3.63) is 46.7 Å². The number of rotatable bonds is 4. The lowest BCUT2D eigenvalue weighted by molar-refractivity contribution is -0.131. The topological polar surface area (TPSA) is 36.4 Å². The first-order valence-electron chi connectivity index (χ1n) is 7.39. The van der Waals surface area contributed by atoms with Gasteiger partial charge in [0.1, 0.15) is 5.82 Å². The van der Waals surface area contributed by atoms with Crippen molar-refractivity contribution in [1.29, 1.82) is 0 Å². The van der Waals surface area contributed by atoms with Gasteiger partial charge in [0.15, 0.2) is 0 Å². The number of benzene rings is 1. The highest BCUT2D eigenvalue weighted by atomic mass is 32.1. The van der Waals surface area contributed by atoms with Gasteiger partial charge in [-0.1, -0.05) is 12.1 Å². The van der Waals surface area contributed by atoms with Crippen LogP contribution in [0.15, 0.2) is 35.8 Å². The number of halogens is 1. The lowest BCUT2D eigenvalue weighted by Gasteiger charge is -2.36. The second-order valence-corrected chi connectivity index (χ2v) is 6.22. The van der Waals surface area contributed by atoms with Crippen LogP contribution in [0.25, 0.3) is 0 Å². The minimum atomic E-state index is -0.203. The van der Waals surface area contributed by atoms with E-state index in [1.165, 1.54) is 6.07 Å². The third-order valence-electron chi connectivity index (χ3n) is 3.86. The van der Waals surface area contributed by atoms with Gasteiger partial charge in [-0.15, -0.1) is 11.3 Å². The number of thiazole rings is 1. The van der Waals surface area contributed by atoms with Gasteiger partial charge >= 0.3 is 0 Å². The van der Waals surface area contributed by atoms with E-state index in [-0.39, 0.29) is 11.7 Å². The van der Waals surface area contributed by atoms with Crippen molar-refractivity contribution in [2.24, 2.45) is 0 Å². The maximum Gasteiger partial charge on any atom is 0.223 e. The number of hydrogen-bond donors (Lipinski definition) is 0. The third-order valence-corrected chi connectivity index (χ3v) is 4.70. The molecule has 2 aromatic rings. The van der Waals surface area contributed by atoms with E-state index in [2.05, 4.69) is 4.98 Å². The van der Waals surface area contributed by atoms with Crippen LogP contribution in [0, 0.1) is 5.82 Å². The molecule has 0 unspecified atom stereocenters. The smallest absolute Gasteiger partial charge is 0.223 e. The Hall–Kier alpha value is -1.95. The molecule has 1 amide bonds. The van der Waals surface area contributed by atoms with Gasteiger partial charge in [0, 0.05) is 50.6 Å². The maximum absolute atomic E-state index is 13.8. The molecule has 1 aromatic heterocycles. The normalized spacial score (nSPS) is 15.1.